The number of nitrogens with one attached hydrogen (secondary N) is 1. The van der Waals surface area contributed by atoms with Crippen LogP contribution in [0.3, 0.4) is 0 Å². The van der Waals surface area contributed by atoms with Gasteiger partial charge in [0.2, 0.25) is 0 Å². The van der Waals surface area contributed by atoms with Gasteiger partial charge >= 0.3 is 0 Å². The number of rotatable bonds is 1. The van der Waals surface area contributed by atoms with Gasteiger partial charge in [-0.2, -0.15) is 0 Å². The summed E-state index contributed by atoms with van der Waals surface area (Å²) in [6.45, 7) is 8.33. The predicted octanol–water partition coefficient (Wildman–Crippen LogP) is 1.55. The van der Waals surface area contributed by atoms with E-state index in [2.05, 4.69) is 29.1 Å². The van der Waals surface area contributed by atoms with Crippen LogP contribution in [0.15, 0.2) is 0 Å². The van der Waals surface area contributed by atoms with E-state index in [1.807, 2.05) is 6.92 Å². The number of aromatic nitrogens is 2. The Morgan fingerprint density at radius 2 is 2.07 bits per heavy atom. The van der Waals surface area contributed by atoms with E-state index in [1.165, 1.54) is 17.0 Å². The fraction of sp³-hybridized carbons (Fsp3) is 0.636. The Labute approximate surface area is 85.0 Å². The van der Waals surface area contributed by atoms with Gasteiger partial charge < -0.3 is 5.32 Å². The van der Waals surface area contributed by atoms with Gasteiger partial charge in [0.15, 0.2) is 0 Å². The summed E-state index contributed by atoms with van der Waals surface area (Å²) in [5, 5.41) is 3.34. The van der Waals surface area contributed by atoms with E-state index in [9.17, 15) is 0 Å². The molecular weight excluding hydrogens is 174 g/mol. The third-order valence-electron chi connectivity index (χ3n) is 2.63. The van der Waals surface area contributed by atoms with Crippen molar-refractivity contribution in [3.05, 3.63) is 22.8 Å². The molecule has 0 radical (unpaired) electrons. The van der Waals surface area contributed by atoms with E-state index < -0.39 is 0 Å². The molecule has 1 aromatic rings. The molecule has 0 aromatic carbocycles. The van der Waals surface area contributed by atoms with E-state index in [4.69, 9.17) is 0 Å². The molecule has 14 heavy (non-hydrogen) atoms. The molecule has 0 saturated carbocycles. The summed E-state index contributed by atoms with van der Waals surface area (Å²) in [5.41, 5.74) is 3.82. The highest BCUT2D eigenvalue weighted by molar-refractivity contribution is 5.30. The molecule has 0 amide bonds. The Morgan fingerprint density at radius 1 is 1.29 bits per heavy atom. The highest BCUT2D eigenvalue weighted by Gasteiger charge is 2.17. The van der Waals surface area contributed by atoms with E-state index in [-0.39, 0.29) is 0 Å². The number of hydrogen-bond acceptors (Lipinski definition) is 3. The zero-order valence-electron chi connectivity index (χ0n) is 9.09. The van der Waals surface area contributed by atoms with Crippen LogP contribution in [-0.2, 0) is 13.0 Å². The van der Waals surface area contributed by atoms with E-state index in [1.54, 1.807) is 0 Å². The Kier molecular flexibility index (Phi) is 2.50. The van der Waals surface area contributed by atoms with Crippen molar-refractivity contribution >= 4 is 0 Å². The minimum absolute atomic E-state index is 0.503. The van der Waals surface area contributed by atoms with Gasteiger partial charge in [-0.3, -0.25) is 0 Å². The summed E-state index contributed by atoms with van der Waals surface area (Å²) in [7, 11) is 0. The maximum atomic E-state index is 4.55. The Balaban J connectivity index is 2.52. The molecule has 0 bridgehead atoms. The van der Waals surface area contributed by atoms with Gasteiger partial charge in [-0.15, -0.1) is 0 Å². The van der Waals surface area contributed by atoms with Crippen molar-refractivity contribution in [3.8, 4) is 0 Å². The molecule has 3 nitrogen and oxygen atoms in total. The van der Waals surface area contributed by atoms with Crippen LogP contribution in [0.1, 0.15) is 42.5 Å². The first-order valence-corrected chi connectivity index (χ1v) is 5.25. The minimum atomic E-state index is 0.503. The van der Waals surface area contributed by atoms with Gasteiger partial charge in [-0.1, -0.05) is 13.8 Å². The number of hydrogen-bond donors (Lipinski definition) is 1. The number of fused-ring (bicyclic) bond motifs is 1. The van der Waals surface area contributed by atoms with Gasteiger partial charge in [-0.05, 0) is 31.4 Å². The van der Waals surface area contributed by atoms with Crippen molar-refractivity contribution < 1.29 is 0 Å². The van der Waals surface area contributed by atoms with Crippen LogP contribution in [-0.4, -0.2) is 16.5 Å². The molecule has 0 fully saturated rings. The summed E-state index contributed by atoms with van der Waals surface area (Å²) in [6.07, 6.45) is 1.07. The lowest BCUT2D eigenvalue weighted by Crippen LogP contribution is -2.27. The molecule has 0 unspecified atom stereocenters. The molecule has 76 valence electrons. The number of nitrogens with zero attached hydrogens (tertiary/aromatic N) is 2. The fourth-order valence-corrected chi connectivity index (χ4v) is 1.99. The standard InChI is InChI=1S/C11H17N3/c1-7(2)11-9-4-5-12-6-10(9)13-8(3)14-11/h7,12H,4-6H2,1-3H3. The van der Waals surface area contributed by atoms with Crippen LogP contribution in [0, 0.1) is 6.92 Å². The average Bonchev–Trinajstić information content (AvgIpc) is 2.16. The lowest BCUT2D eigenvalue weighted by atomic mass is 9.97. The largest absolute Gasteiger partial charge is 0.311 e. The lowest BCUT2D eigenvalue weighted by molar-refractivity contribution is 0.603. The monoisotopic (exact) mass is 191 g/mol. The third-order valence-corrected chi connectivity index (χ3v) is 2.63. The van der Waals surface area contributed by atoms with Crippen LogP contribution in [0.4, 0.5) is 0 Å². The average molecular weight is 191 g/mol. The molecule has 1 aliphatic rings. The molecule has 2 rings (SSSR count). The second kappa shape index (κ2) is 3.65. The van der Waals surface area contributed by atoms with Crippen molar-refractivity contribution in [1.82, 2.24) is 15.3 Å². The van der Waals surface area contributed by atoms with Gasteiger partial charge in [0.05, 0.1) is 11.4 Å². The Hall–Kier alpha value is -0.960. The van der Waals surface area contributed by atoms with Gasteiger partial charge in [0, 0.05) is 6.54 Å². The highest BCUT2D eigenvalue weighted by Crippen LogP contribution is 2.22. The highest BCUT2D eigenvalue weighted by atomic mass is 15.0. The topological polar surface area (TPSA) is 37.8 Å². The quantitative estimate of drug-likeness (QED) is 0.732. The predicted molar refractivity (Wildman–Crippen MR) is 56.3 cm³/mol. The molecular formula is C11H17N3. The van der Waals surface area contributed by atoms with Gasteiger partial charge in [-0.25, -0.2) is 9.97 Å². The first-order valence-electron chi connectivity index (χ1n) is 5.25. The van der Waals surface area contributed by atoms with Crippen molar-refractivity contribution in [3.63, 3.8) is 0 Å². The normalized spacial score (nSPS) is 15.7. The van der Waals surface area contributed by atoms with Crippen molar-refractivity contribution in [1.29, 1.82) is 0 Å². The molecule has 1 aromatic heterocycles. The van der Waals surface area contributed by atoms with Gasteiger partial charge in [0.1, 0.15) is 5.82 Å². The van der Waals surface area contributed by atoms with Crippen LogP contribution in [0.5, 0.6) is 0 Å². The molecule has 1 aliphatic heterocycles. The van der Waals surface area contributed by atoms with Crippen LogP contribution in [0.25, 0.3) is 0 Å². The zero-order valence-corrected chi connectivity index (χ0v) is 9.09. The first kappa shape index (κ1) is 9.59. The van der Waals surface area contributed by atoms with E-state index in [0.29, 0.717) is 5.92 Å². The fourth-order valence-electron chi connectivity index (χ4n) is 1.99. The molecule has 3 heteroatoms. The second-order valence-electron chi connectivity index (χ2n) is 4.16. The van der Waals surface area contributed by atoms with Crippen molar-refractivity contribution in [2.24, 2.45) is 0 Å². The van der Waals surface area contributed by atoms with Crippen LogP contribution < -0.4 is 5.32 Å². The second-order valence-corrected chi connectivity index (χ2v) is 4.16. The molecule has 0 aliphatic carbocycles. The maximum Gasteiger partial charge on any atom is 0.125 e. The summed E-state index contributed by atoms with van der Waals surface area (Å²) in [6, 6.07) is 0. The van der Waals surface area contributed by atoms with Crippen LogP contribution >= 0.6 is 0 Å². The maximum absolute atomic E-state index is 4.55. The Bertz CT molecular complexity index is 345. The summed E-state index contributed by atoms with van der Waals surface area (Å²) in [4.78, 5) is 9.03. The molecule has 1 N–H and O–H groups in total. The van der Waals surface area contributed by atoms with E-state index in [0.717, 1.165) is 25.3 Å². The molecule has 0 saturated heterocycles. The summed E-state index contributed by atoms with van der Waals surface area (Å²) in [5.74, 6) is 1.40. The Morgan fingerprint density at radius 3 is 2.79 bits per heavy atom. The molecule has 0 atom stereocenters. The minimum Gasteiger partial charge on any atom is -0.311 e. The summed E-state index contributed by atoms with van der Waals surface area (Å²) < 4.78 is 0. The van der Waals surface area contributed by atoms with Gasteiger partial charge in [0.25, 0.3) is 0 Å². The smallest absolute Gasteiger partial charge is 0.125 e. The summed E-state index contributed by atoms with van der Waals surface area (Å²) >= 11 is 0. The molecule has 0 spiro atoms. The lowest BCUT2D eigenvalue weighted by Gasteiger charge is -2.20. The zero-order chi connectivity index (χ0) is 10.1. The first-order chi connectivity index (χ1) is 6.68. The third kappa shape index (κ3) is 1.64. The van der Waals surface area contributed by atoms with E-state index >= 15 is 0 Å². The SMILES string of the molecule is Cc1nc2c(c(C(C)C)n1)CCNC2. The number of aryl methyl sites for hydroxylation is 1. The molecule has 2 heterocycles. The van der Waals surface area contributed by atoms with Crippen molar-refractivity contribution in [2.75, 3.05) is 6.54 Å². The van der Waals surface area contributed by atoms with Crippen molar-refractivity contribution in [2.45, 2.75) is 39.7 Å². The van der Waals surface area contributed by atoms with Crippen LogP contribution in [0.2, 0.25) is 0 Å².